The molecule has 1 aliphatic rings. The number of phenolic OH excluding ortho intramolecular Hbond substituents is 1. The lowest BCUT2D eigenvalue weighted by atomic mass is 9.84. The first-order valence-corrected chi connectivity index (χ1v) is 9.70. The van der Waals surface area contributed by atoms with Gasteiger partial charge in [0.25, 0.3) is 0 Å². The average molecular weight is 368 g/mol. The standard InChI is InChI=1S/C22H24O3S/c1-2-18-20-13-16(14-22(24)19(20)9-10-21(18)23)15-5-7-17(8-6-15)25-11-3-4-12-26/h5-10,14,23,26H,2-4,11-13H2,1H3. The third-order valence-corrected chi connectivity index (χ3v) is 5.06. The zero-order valence-corrected chi connectivity index (χ0v) is 15.9. The number of aromatic hydroxyl groups is 1. The van der Waals surface area contributed by atoms with Gasteiger partial charge in [-0.25, -0.2) is 0 Å². The zero-order chi connectivity index (χ0) is 18.5. The SMILES string of the molecule is CCc1c(O)ccc2c1CC(c1ccc(OCCCCS)cc1)=CC2=O. The van der Waals surface area contributed by atoms with Crippen molar-refractivity contribution in [1.29, 1.82) is 0 Å². The lowest BCUT2D eigenvalue weighted by molar-refractivity contribution is 0.104. The van der Waals surface area contributed by atoms with Crippen molar-refractivity contribution in [2.75, 3.05) is 12.4 Å². The monoisotopic (exact) mass is 368 g/mol. The van der Waals surface area contributed by atoms with Crippen LogP contribution < -0.4 is 4.74 Å². The molecule has 0 fully saturated rings. The molecular weight excluding hydrogens is 344 g/mol. The highest BCUT2D eigenvalue weighted by atomic mass is 32.1. The van der Waals surface area contributed by atoms with Crippen LogP contribution in [0, 0.1) is 0 Å². The van der Waals surface area contributed by atoms with Gasteiger partial charge in [0.05, 0.1) is 6.61 Å². The number of carbonyl (C=O) groups is 1. The molecule has 136 valence electrons. The van der Waals surface area contributed by atoms with Gasteiger partial charge in [-0.05, 0) is 84.0 Å². The molecule has 0 heterocycles. The van der Waals surface area contributed by atoms with E-state index >= 15 is 0 Å². The summed E-state index contributed by atoms with van der Waals surface area (Å²) < 4.78 is 5.73. The van der Waals surface area contributed by atoms with Gasteiger partial charge in [-0.3, -0.25) is 4.79 Å². The summed E-state index contributed by atoms with van der Waals surface area (Å²) in [6.07, 6.45) is 5.10. The number of benzene rings is 2. The largest absolute Gasteiger partial charge is 0.508 e. The van der Waals surface area contributed by atoms with Crippen LogP contribution in [0.5, 0.6) is 11.5 Å². The Kier molecular flexibility index (Phi) is 6.04. The molecule has 3 rings (SSSR count). The highest BCUT2D eigenvalue weighted by molar-refractivity contribution is 7.80. The third-order valence-electron chi connectivity index (χ3n) is 4.74. The molecule has 1 N–H and O–H groups in total. The molecule has 2 aromatic rings. The van der Waals surface area contributed by atoms with Crippen LogP contribution in [0.1, 0.15) is 46.8 Å². The summed E-state index contributed by atoms with van der Waals surface area (Å²) in [5.41, 5.74) is 4.50. The number of allylic oxidation sites excluding steroid dienone is 2. The van der Waals surface area contributed by atoms with E-state index in [1.165, 1.54) is 0 Å². The van der Waals surface area contributed by atoms with E-state index in [-0.39, 0.29) is 11.5 Å². The number of phenols is 1. The fourth-order valence-corrected chi connectivity index (χ4v) is 3.56. The highest BCUT2D eigenvalue weighted by Crippen LogP contribution is 2.34. The van der Waals surface area contributed by atoms with Gasteiger partial charge in [-0.1, -0.05) is 19.1 Å². The summed E-state index contributed by atoms with van der Waals surface area (Å²) in [5, 5.41) is 10.1. The minimum Gasteiger partial charge on any atom is -0.508 e. The number of hydrogen-bond acceptors (Lipinski definition) is 4. The first kappa shape index (κ1) is 18.6. The van der Waals surface area contributed by atoms with Crippen molar-refractivity contribution >= 4 is 24.0 Å². The summed E-state index contributed by atoms with van der Waals surface area (Å²) >= 11 is 4.20. The second-order valence-electron chi connectivity index (χ2n) is 6.46. The zero-order valence-electron chi connectivity index (χ0n) is 15.0. The fraction of sp³-hybridized carbons (Fsp3) is 0.318. The summed E-state index contributed by atoms with van der Waals surface area (Å²) in [7, 11) is 0. The molecule has 0 spiro atoms. The number of ketones is 1. The number of hydrogen-bond donors (Lipinski definition) is 2. The molecular formula is C22H24O3S. The van der Waals surface area contributed by atoms with Crippen LogP contribution in [0.25, 0.3) is 5.57 Å². The Labute approximate surface area is 160 Å². The molecule has 4 heteroatoms. The molecule has 0 unspecified atom stereocenters. The van der Waals surface area contributed by atoms with Crippen LogP contribution in [0.15, 0.2) is 42.5 Å². The first-order chi connectivity index (χ1) is 12.6. The second-order valence-corrected chi connectivity index (χ2v) is 6.90. The van der Waals surface area contributed by atoms with Crippen molar-refractivity contribution < 1.29 is 14.6 Å². The van der Waals surface area contributed by atoms with E-state index in [0.717, 1.165) is 46.6 Å². The van der Waals surface area contributed by atoms with Gasteiger partial charge in [0, 0.05) is 5.56 Å². The van der Waals surface area contributed by atoms with Gasteiger partial charge >= 0.3 is 0 Å². The predicted molar refractivity (Wildman–Crippen MR) is 109 cm³/mol. The smallest absolute Gasteiger partial charge is 0.186 e. The molecule has 2 aromatic carbocycles. The minimum atomic E-state index is 0.00281. The Morgan fingerprint density at radius 2 is 1.88 bits per heavy atom. The van der Waals surface area contributed by atoms with Crippen LogP contribution in [-0.2, 0) is 12.8 Å². The molecule has 0 saturated carbocycles. The maximum Gasteiger partial charge on any atom is 0.186 e. The summed E-state index contributed by atoms with van der Waals surface area (Å²) in [6.45, 7) is 2.69. The minimum absolute atomic E-state index is 0.00281. The second kappa shape index (κ2) is 8.45. The van der Waals surface area contributed by atoms with E-state index < -0.39 is 0 Å². The number of ether oxygens (including phenoxy) is 1. The van der Waals surface area contributed by atoms with E-state index in [1.54, 1.807) is 18.2 Å². The van der Waals surface area contributed by atoms with Crippen molar-refractivity contribution in [3.63, 3.8) is 0 Å². The number of fused-ring (bicyclic) bond motifs is 1. The lowest BCUT2D eigenvalue weighted by Crippen LogP contribution is -2.12. The Hall–Kier alpha value is -2.20. The molecule has 0 bridgehead atoms. The van der Waals surface area contributed by atoms with Crippen LogP contribution in [0.2, 0.25) is 0 Å². The van der Waals surface area contributed by atoms with Gasteiger partial charge in [0.15, 0.2) is 5.78 Å². The Morgan fingerprint density at radius 1 is 1.12 bits per heavy atom. The number of rotatable bonds is 7. The molecule has 1 aliphatic carbocycles. The van der Waals surface area contributed by atoms with E-state index in [9.17, 15) is 9.90 Å². The Bertz CT molecular complexity index is 822. The van der Waals surface area contributed by atoms with Crippen LogP contribution in [0.4, 0.5) is 0 Å². The van der Waals surface area contributed by atoms with Crippen molar-refractivity contribution in [3.05, 3.63) is 64.7 Å². The van der Waals surface area contributed by atoms with Crippen LogP contribution in [0.3, 0.4) is 0 Å². The summed E-state index contributed by atoms with van der Waals surface area (Å²) in [5.74, 6) is 1.98. The Morgan fingerprint density at radius 3 is 2.58 bits per heavy atom. The molecule has 26 heavy (non-hydrogen) atoms. The molecule has 3 nitrogen and oxygen atoms in total. The fourth-order valence-electron chi connectivity index (χ4n) is 3.34. The summed E-state index contributed by atoms with van der Waals surface area (Å²) in [6, 6.07) is 11.2. The quantitative estimate of drug-likeness (QED) is 0.542. The van der Waals surface area contributed by atoms with Crippen molar-refractivity contribution in [2.24, 2.45) is 0 Å². The maximum absolute atomic E-state index is 12.5. The van der Waals surface area contributed by atoms with Crippen molar-refractivity contribution in [1.82, 2.24) is 0 Å². The topological polar surface area (TPSA) is 46.5 Å². The molecule has 0 aromatic heterocycles. The van der Waals surface area contributed by atoms with E-state index in [1.807, 2.05) is 31.2 Å². The molecule has 0 amide bonds. The Balaban J connectivity index is 1.78. The lowest BCUT2D eigenvalue weighted by Gasteiger charge is -2.20. The van der Waals surface area contributed by atoms with Gasteiger partial charge in [-0.2, -0.15) is 12.6 Å². The van der Waals surface area contributed by atoms with Gasteiger partial charge in [-0.15, -0.1) is 0 Å². The van der Waals surface area contributed by atoms with Crippen LogP contribution >= 0.6 is 12.6 Å². The predicted octanol–water partition coefficient (Wildman–Crippen LogP) is 4.87. The molecule has 0 aliphatic heterocycles. The van der Waals surface area contributed by atoms with Gasteiger partial charge < -0.3 is 9.84 Å². The van der Waals surface area contributed by atoms with E-state index in [0.29, 0.717) is 25.0 Å². The van der Waals surface area contributed by atoms with Gasteiger partial charge in [0.2, 0.25) is 0 Å². The molecule has 0 radical (unpaired) electrons. The van der Waals surface area contributed by atoms with Crippen molar-refractivity contribution in [3.8, 4) is 11.5 Å². The number of unbranched alkanes of at least 4 members (excludes halogenated alkanes) is 1. The number of carbonyl (C=O) groups excluding carboxylic acids is 1. The normalized spacial score (nSPS) is 13.3. The van der Waals surface area contributed by atoms with Crippen molar-refractivity contribution in [2.45, 2.75) is 32.6 Å². The molecule has 0 saturated heterocycles. The van der Waals surface area contributed by atoms with Gasteiger partial charge in [0.1, 0.15) is 11.5 Å². The summed E-state index contributed by atoms with van der Waals surface area (Å²) in [4.78, 5) is 12.5. The van der Waals surface area contributed by atoms with E-state index in [2.05, 4.69) is 12.6 Å². The third kappa shape index (κ3) is 3.96. The first-order valence-electron chi connectivity index (χ1n) is 9.06. The highest BCUT2D eigenvalue weighted by Gasteiger charge is 2.22. The van der Waals surface area contributed by atoms with Crippen LogP contribution in [-0.4, -0.2) is 23.2 Å². The maximum atomic E-state index is 12.5. The molecule has 0 atom stereocenters. The number of thiol groups is 1. The van der Waals surface area contributed by atoms with E-state index in [4.69, 9.17) is 4.74 Å². The average Bonchev–Trinajstić information content (AvgIpc) is 2.65.